The number of carboxylic acid groups (broad SMARTS) is 1. The normalized spacial score (nSPS) is 45.8. The van der Waals surface area contributed by atoms with Crippen LogP contribution in [0.2, 0.25) is 0 Å². The highest BCUT2D eigenvalue weighted by molar-refractivity contribution is 5.96. The van der Waals surface area contributed by atoms with Crippen molar-refractivity contribution in [2.75, 3.05) is 13.2 Å². The molecule has 0 amide bonds. The van der Waals surface area contributed by atoms with Gasteiger partial charge in [-0.3, -0.25) is 24.0 Å². The number of carbonyl (C=O) groups is 5. The van der Waals surface area contributed by atoms with E-state index in [4.69, 9.17) is 24.1 Å². The lowest BCUT2D eigenvalue weighted by Gasteiger charge is -2.46. The van der Waals surface area contributed by atoms with E-state index < -0.39 is 41.3 Å². The van der Waals surface area contributed by atoms with Crippen molar-refractivity contribution in [3.05, 3.63) is 0 Å². The number of aliphatic hydroxyl groups excluding tert-OH is 1. The lowest BCUT2D eigenvalue weighted by atomic mass is 9.58. The smallest absolute Gasteiger partial charge is 0.317 e. The second kappa shape index (κ2) is 13.5. The van der Waals surface area contributed by atoms with E-state index in [2.05, 4.69) is 6.92 Å². The van der Waals surface area contributed by atoms with Gasteiger partial charge in [0.05, 0.1) is 48.4 Å². The third-order valence-corrected chi connectivity index (χ3v) is 14.5. The first kappa shape index (κ1) is 35.9. The number of hydrogen-bond donors (Lipinski definition) is 2. The third kappa shape index (κ3) is 6.20. The maximum Gasteiger partial charge on any atom is 0.317 e. The number of hydrogen-bond acceptors (Lipinski definition) is 10. The van der Waals surface area contributed by atoms with Crippen LogP contribution >= 0.6 is 0 Å². The molecular weight excluding hydrogens is 644 g/mol. The summed E-state index contributed by atoms with van der Waals surface area (Å²) in [7, 11) is 0. The third-order valence-electron chi connectivity index (χ3n) is 14.5. The Morgan fingerprint density at radius 1 is 0.820 bits per heavy atom. The Morgan fingerprint density at radius 3 is 2.16 bits per heavy atom. The van der Waals surface area contributed by atoms with Gasteiger partial charge >= 0.3 is 29.8 Å². The summed E-state index contributed by atoms with van der Waals surface area (Å²) in [4.78, 5) is 64.5. The Kier molecular flexibility index (Phi) is 9.66. The average Bonchev–Trinajstić information content (AvgIpc) is 3.90. The summed E-state index contributed by atoms with van der Waals surface area (Å²) < 4.78 is 22.9. The number of carbonyl (C=O) groups excluding carboxylic acids is 4. The number of cyclic esters (lactones) is 2. The van der Waals surface area contributed by atoms with Crippen molar-refractivity contribution in [2.24, 2.45) is 88.8 Å². The molecule has 0 radical (unpaired) electrons. The molecule has 2 N–H and O–H groups in total. The number of aliphatic carboxylic acids is 1. The van der Waals surface area contributed by atoms with Gasteiger partial charge in [-0.15, -0.1) is 0 Å². The molecule has 11 nitrogen and oxygen atoms in total. The van der Waals surface area contributed by atoms with Crippen molar-refractivity contribution in [1.29, 1.82) is 0 Å². The highest BCUT2D eigenvalue weighted by Crippen LogP contribution is 2.68. The van der Waals surface area contributed by atoms with Crippen LogP contribution in [0.3, 0.4) is 0 Å². The molecule has 3 aliphatic heterocycles. The second-order valence-electron chi connectivity index (χ2n) is 18.1. The monoisotopic (exact) mass is 700 g/mol. The number of aliphatic hydroxyl groups is 1. The minimum absolute atomic E-state index is 0.0199. The SMILES string of the molecule is CC1C(=O)OC(=O)C1CC1C2CC(CC2C(=O)O)C1C1C(CCC2C(C)C3CC(C(=O)OCCCO)C2O3)C2CC(C(=O)OC(C)(C)C)C1C2. The van der Waals surface area contributed by atoms with Gasteiger partial charge in [0.15, 0.2) is 0 Å². The van der Waals surface area contributed by atoms with Gasteiger partial charge in [-0.05, 0) is 131 Å². The highest BCUT2D eigenvalue weighted by Gasteiger charge is 2.65. The molecule has 0 aromatic carbocycles. The summed E-state index contributed by atoms with van der Waals surface area (Å²) in [5.41, 5.74) is -0.600. The molecule has 0 aromatic heterocycles. The molecule has 17 atom stereocenters. The lowest BCUT2D eigenvalue weighted by Crippen LogP contribution is -2.45. The minimum atomic E-state index is -0.787. The molecule has 7 rings (SSSR count). The molecule has 4 aliphatic carbocycles. The fourth-order valence-corrected chi connectivity index (χ4v) is 12.6. The van der Waals surface area contributed by atoms with Crippen LogP contribution in [-0.2, 0) is 42.9 Å². The van der Waals surface area contributed by atoms with Gasteiger partial charge in [0.1, 0.15) is 5.60 Å². The van der Waals surface area contributed by atoms with Crippen LogP contribution in [-0.4, -0.2) is 71.1 Å². The largest absolute Gasteiger partial charge is 0.481 e. The van der Waals surface area contributed by atoms with E-state index in [-0.39, 0.29) is 90.6 Å². The summed E-state index contributed by atoms with van der Waals surface area (Å²) in [6.07, 6.45) is 6.31. The fourth-order valence-electron chi connectivity index (χ4n) is 12.6. The first-order chi connectivity index (χ1) is 23.7. The van der Waals surface area contributed by atoms with Gasteiger partial charge < -0.3 is 29.2 Å². The number of ether oxygens (including phenoxy) is 4. The predicted molar refractivity (Wildman–Crippen MR) is 177 cm³/mol. The van der Waals surface area contributed by atoms with Gasteiger partial charge in [0.25, 0.3) is 0 Å². The number of fused-ring (bicyclic) bond motifs is 6. The topological polar surface area (TPSA) is 163 Å². The molecule has 6 bridgehead atoms. The molecule has 0 aromatic rings. The summed E-state index contributed by atoms with van der Waals surface area (Å²) in [6.45, 7) is 9.83. The highest BCUT2D eigenvalue weighted by atomic mass is 16.6. The zero-order valence-corrected chi connectivity index (χ0v) is 30.2. The van der Waals surface area contributed by atoms with Gasteiger partial charge in [0.2, 0.25) is 0 Å². The quantitative estimate of drug-likeness (QED) is 0.126. The minimum Gasteiger partial charge on any atom is -0.481 e. The lowest BCUT2D eigenvalue weighted by molar-refractivity contribution is -0.164. The van der Waals surface area contributed by atoms with Crippen LogP contribution in [0.5, 0.6) is 0 Å². The number of carboxylic acids is 1. The molecule has 4 saturated carbocycles. The first-order valence-corrected chi connectivity index (χ1v) is 19.3. The molecule has 7 fully saturated rings. The summed E-state index contributed by atoms with van der Waals surface area (Å²) in [5.74, 6) is -2.60. The van der Waals surface area contributed by atoms with Crippen LogP contribution in [0, 0.1) is 88.8 Å². The standard InChI is InChI=1S/C39H56O11/c1-17-21(33-29(16-30(17)48-33)36(44)47-10-6-9-40)7-8-22-19-11-25(28(12-19)38(46)50-39(3,4)5)32(22)31-20-13-24(27(14-20)34(41)42)26(31)15-23-18(2)35(43)49-37(23)45/h17-33,40H,6-16H2,1-5H3,(H,41,42). The Morgan fingerprint density at radius 2 is 1.52 bits per heavy atom. The van der Waals surface area contributed by atoms with Crippen molar-refractivity contribution in [3.63, 3.8) is 0 Å². The van der Waals surface area contributed by atoms with E-state index in [1.807, 2.05) is 20.8 Å². The molecule has 50 heavy (non-hydrogen) atoms. The Hall–Kier alpha value is -2.53. The Labute approximate surface area is 294 Å². The van der Waals surface area contributed by atoms with Gasteiger partial charge in [-0.25, -0.2) is 0 Å². The summed E-state index contributed by atoms with van der Waals surface area (Å²) >= 11 is 0. The molecule has 17 unspecified atom stereocenters. The van der Waals surface area contributed by atoms with Gasteiger partial charge in [-0.1, -0.05) is 13.8 Å². The van der Waals surface area contributed by atoms with Crippen molar-refractivity contribution >= 4 is 29.8 Å². The van der Waals surface area contributed by atoms with E-state index in [0.29, 0.717) is 43.4 Å². The molecule has 7 aliphatic rings. The maximum absolute atomic E-state index is 13.7. The predicted octanol–water partition coefficient (Wildman–Crippen LogP) is 4.66. The van der Waals surface area contributed by atoms with E-state index >= 15 is 0 Å². The average molecular weight is 701 g/mol. The molecule has 11 heteroatoms. The van der Waals surface area contributed by atoms with E-state index in [1.165, 1.54) is 0 Å². The van der Waals surface area contributed by atoms with E-state index in [1.54, 1.807) is 6.92 Å². The van der Waals surface area contributed by atoms with Crippen LogP contribution in [0.4, 0.5) is 0 Å². The maximum atomic E-state index is 13.7. The molecule has 0 spiro atoms. The van der Waals surface area contributed by atoms with Crippen molar-refractivity contribution in [3.8, 4) is 0 Å². The van der Waals surface area contributed by atoms with Crippen LogP contribution in [0.25, 0.3) is 0 Å². The zero-order chi connectivity index (χ0) is 35.8. The number of rotatable bonds is 12. The Balaban J connectivity index is 1.15. The second-order valence-corrected chi connectivity index (χ2v) is 18.1. The van der Waals surface area contributed by atoms with E-state index in [0.717, 1.165) is 32.1 Å². The zero-order valence-electron chi connectivity index (χ0n) is 30.2. The van der Waals surface area contributed by atoms with Crippen molar-refractivity contribution in [2.45, 2.75) is 110 Å². The van der Waals surface area contributed by atoms with Crippen LogP contribution in [0.15, 0.2) is 0 Å². The Bertz CT molecular complexity index is 1370. The summed E-state index contributed by atoms with van der Waals surface area (Å²) in [5, 5.41) is 19.4. The first-order valence-electron chi connectivity index (χ1n) is 19.3. The fraction of sp³-hybridized carbons (Fsp3) is 0.872. The number of esters is 4. The van der Waals surface area contributed by atoms with E-state index in [9.17, 15) is 29.1 Å². The summed E-state index contributed by atoms with van der Waals surface area (Å²) in [6, 6.07) is 0. The van der Waals surface area contributed by atoms with Gasteiger partial charge in [0, 0.05) is 13.0 Å². The molecule has 3 heterocycles. The molecule has 3 saturated heterocycles. The van der Waals surface area contributed by atoms with Gasteiger partial charge in [-0.2, -0.15) is 0 Å². The van der Waals surface area contributed by atoms with Crippen LogP contribution < -0.4 is 0 Å². The molecule has 278 valence electrons. The van der Waals surface area contributed by atoms with Crippen LogP contribution in [0.1, 0.15) is 92.4 Å². The molecular formula is C39H56O11. The van der Waals surface area contributed by atoms with Crippen molar-refractivity contribution in [1.82, 2.24) is 0 Å². The van der Waals surface area contributed by atoms with Crippen molar-refractivity contribution < 1.29 is 53.1 Å².